The third-order valence-corrected chi connectivity index (χ3v) is 2.25. The van der Waals surface area contributed by atoms with Crippen LogP contribution < -0.4 is 4.74 Å². The summed E-state index contributed by atoms with van der Waals surface area (Å²) in [5.41, 5.74) is 0.0388. The van der Waals surface area contributed by atoms with E-state index in [1.54, 1.807) is 14.1 Å². The van der Waals surface area contributed by atoms with Crippen molar-refractivity contribution in [1.82, 2.24) is 9.88 Å². The third kappa shape index (κ3) is 2.29. The fraction of sp³-hybridized carbons (Fsp3) is 0.455. The van der Waals surface area contributed by atoms with Crippen molar-refractivity contribution in [3.8, 4) is 5.75 Å². The molecule has 0 unspecified atom stereocenters. The average Bonchev–Trinajstić information content (AvgIpc) is 3.03. The number of hydrogen-bond acceptors (Lipinski definition) is 3. The predicted octanol–water partition coefficient (Wildman–Crippen LogP) is 1.46. The Labute approximate surface area is 93.0 Å². The van der Waals surface area contributed by atoms with Crippen LogP contribution in [0.5, 0.6) is 5.75 Å². The molecule has 86 valence electrons. The molecule has 1 aromatic heterocycles. The zero-order valence-electron chi connectivity index (χ0n) is 9.24. The molecule has 1 amide bonds. The fourth-order valence-electron chi connectivity index (χ4n) is 1.25. The maximum absolute atomic E-state index is 13.0. The number of aromatic nitrogens is 1. The van der Waals surface area contributed by atoms with Gasteiger partial charge in [0.15, 0.2) is 11.4 Å². The van der Waals surface area contributed by atoms with Crippen molar-refractivity contribution in [3.63, 3.8) is 0 Å². The van der Waals surface area contributed by atoms with Gasteiger partial charge in [-0.2, -0.15) is 4.39 Å². The summed E-state index contributed by atoms with van der Waals surface area (Å²) < 4.78 is 18.5. The molecule has 1 aliphatic carbocycles. The van der Waals surface area contributed by atoms with Gasteiger partial charge in [-0.1, -0.05) is 0 Å². The molecule has 0 radical (unpaired) electrons. The number of pyridine rings is 1. The highest BCUT2D eigenvalue weighted by Crippen LogP contribution is 2.28. The standard InChI is InChI=1S/C11H13FN2O2/c1-14(2)11(15)10-8(16-7-3-4-7)5-6-9(12)13-10/h5-7H,3-4H2,1-2H3. The summed E-state index contributed by atoms with van der Waals surface area (Å²) in [6.45, 7) is 0. The minimum atomic E-state index is -0.673. The Morgan fingerprint density at radius 3 is 2.75 bits per heavy atom. The molecule has 5 heteroatoms. The largest absolute Gasteiger partial charge is 0.488 e. The van der Waals surface area contributed by atoms with Crippen LogP contribution in [0.3, 0.4) is 0 Å². The monoisotopic (exact) mass is 224 g/mol. The molecular weight excluding hydrogens is 211 g/mol. The van der Waals surface area contributed by atoms with Crippen molar-refractivity contribution < 1.29 is 13.9 Å². The van der Waals surface area contributed by atoms with Crippen molar-refractivity contribution in [1.29, 1.82) is 0 Å². The normalized spacial score (nSPS) is 14.7. The summed E-state index contributed by atoms with van der Waals surface area (Å²) in [7, 11) is 3.19. The molecule has 1 saturated carbocycles. The van der Waals surface area contributed by atoms with Crippen LogP contribution in [-0.4, -0.2) is 36.0 Å². The number of hydrogen-bond donors (Lipinski definition) is 0. The van der Waals surface area contributed by atoms with Gasteiger partial charge in [-0.25, -0.2) is 4.98 Å². The molecule has 0 spiro atoms. The first-order valence-electron chi connectivity index (χ1n) is 5.13. The second-order valence-electron chi connectivity index (χ2n) is 4.00. The number of carbonyl (C=O) groups excluding carboxylic acids is 1. The maximum atomic E-state index is 13.0. The highest BCUT2D eigenvalue weighted by Gasteiger charge is 2.27. The molecule has 16 heavy (non-hydrogen) atoms. The summed E-state index contributed by atoms with van der Waals surface area (Å²) in [6, 6.07) is 2.65. The summed E-state index contributed by atoms with van der Waals surface area (Å²) >= 11 is 0. The van der Waals surface area contributed by atoms with Crippen LogP contribution >= 0.6 is 0 Å². The Kier molecular flexibility index (Phi) is 2.77. The van der Waals surface area contributed by atoms with Crippen molar-refractivity contribution >= 4 is 5.91 Å². The van der Waals surface area contributed by atoms with Crippen LogP contribution in [0.15, 0.2) is 12.1 Å². The lowest BCUT2D eigenvalue weighted by Gasteiger charge is -2.13. The Hall–Kier alpha value is -1.65. The summed E-state index contributed by atoms with van der Waals surface area (Å²) in [5, 5.41) is 0. The Morgan fingerprint density at radius 1 is 1.50 bits per heavy atom. The highest BCUT2D eigenvalue weighted by atomic mass is 19.1. The lowest BCUT2D eigenvalue weighted by molar-refractivity contribution is 0.0815. The molecule has 1 heterocycles. The number of rotatable bonds is 3. The predicted molar refractivity (Wildman–Crippen MR) is 55.9 cm³/mol. The first-order valence-corrected chi connectivity index (χ1v) is 5.13. The van der Waals surface area contributed by atoms with Gasteiger partial charge in [-0.3, -0.25) is 4.79 Å². The van der Waals surface area contributed by atoms with E-state index in [1.807, 2.05) is 0 Å². The first-order chi connectivity index (χ1) is 7.58. The SMILES string of the molecule is CN(C)C(=O)c1nc(F)ccc1OC1CC1. The van der Waals surface area contributed by atoms with Crippen molar-refractivity contribution in [2.24, 2.45) is 0 Å². The highest BCUT2D eigenvalue weighted by molar-refractivity contribution is 5.94. The van der Waals surface area contributed by atoms with E-state index in [1.165, 1.54) is 17.0 Å². The van der Waals surface area contributed by atoms with Crippen molar-refractivity contribution in [2.45, 2.75) is 18.9 Å². The maximum Gasteiger partial charge on any atom is 0.275 e. The molecular formula is C11H13FN2O2. The lowest BCUT2D eigenvalue weighted by atomic mass is 10.3. The molecule has 0 aromatic carbocycles. The molecule has 2 rings (SSSR count). The summed E-state index contributed by atoms with van der Waals surface area (Å²) in [4.78, 5) is 16.7. The van der Waals surface area contributed by atoms with Gasteiger partial charge in [-0.15, -0.1) is 0 Å². The minimum absolute atomic E-state index is 0.0388. The van der Waals surface area contributed by atoms with Crippen LogP contribution in [0.4, 0.5) is 4.39 Å². The van der Waals surface area contributed by atoms with Gasteiger partial charge in [0, 0.05) is 14.1 Å². The van der Waals surface area contributed by atoms with E-state index in [0.717, 1.165) is 12.8 Å². The van der Waals surface area contributed by atoms with Gasteiger partial charge < -0.3 is 9.64 Å². The fourth-order valence-corrected chi connectivity index (χ4v) is 1.25. The molecule has 4 nitrogen and oxygen atoms in total. The topological polar surface area (TPSA) is 42.4 Å². The zero-order valence-corrected chi connectivity index (χ0v) is 9.24. The van der Waals surface area contributed by atoms with Gasteiger partial charge in [0.05, 0.1) is 6.10 Å². The number of amides is 1. The molecule has 1 fully saturated rings. The second-order valence-corrected chi connectivity index (χ2v) is 4.00. The van der Waals surface area contributed by atoms with Gasteiger partial charge >= 0.3 is 0 Å². The van der Waals surface area contributed by atoms with E-state index in [-0.39, 0.29) is 17.7 Å². The number of nitrogens with zero attached hydrogens (tertiary/aromatic N) is 2. The lowest BCUT2D eigenvalue weighted by Crippen LogP contribution is -2.24. The van der Waals surface area contributed by atoms with Crippen LogP contribution in [0.25, 0.3) is 0 Å². The summed E-state index contributed by atoms with van der Waals surface area (Å²) in [6.07, 6.45) is 2.11. The molecule has 0 aliphatic heterocycles. The molecule has 0 bridgehead atoms. The average molecular weight is 224 g/mol. The van der Waals surface area contributed by atoms with Crippen LogP contribution in [0.1, 0.15) is 23.3 Å². The number of ether oxygens (including phenoxy) is 1. The minimum Gasteiger partial charge on any atom is -0.488 e. The van der Waals surface area contributed by atoms with Crippen molar-refractivity contribution in [3.05, 3.63) is 23.8 Å². The molecule has 1 aromatic rings. The molecule has 1 aliphatic rings. The Morgan fingerprint density at radius 2 is 2.19 bits per heavy atom. The van der Waals surface area contributed by atoms with Gasteiger partial charge in [0.1, 0.15) is 0 Å². The smallest absolute Gasteiger partial charge is 0.275 e. The van der Waals surface area contributed by atoms with E-state index < -0.39 is 5.95 Å². The molecule has 0 atom stereocenters. The Bertz CT molecular complexity index is 416. The van der Waals surface area contributed by atoms with Gasteiger partial charge in [0.2, 0.25) is 5.95 Å². The first kappa shape index (κ1) is 10.9. The van der Waals surface area contributed by atoms with E-state index in [9.17, 15) is 9.18 Å². The quantitative estimate of drug-likeness (QED) is 0.730. The van der Waals surface area contributed by atoms with Crippen LogP contribution in [0.2, 0.25) is 0 Å². The second kappa shape index (κ2) is 4.08. The summed E-state index contributed by atoms with van der Waals surface area (Å²) in [5.74, 6) is -0.661. The van der Waals surface area contributed by atoms with Gasteiger partial charge in [-0.05, 0) is 25.0 Å². The van der Waals surface area contributed by atoms with E-state index in [0.29, 0.717) is 5.75 Å². The van der Waals surface area contributed by atoms with Crippen molar-refractivity contribution in [2.75, 3.05) is 14.1 Å². The van der Waals surface area contributed by atoms with Gasteiger partial charge in [0.25, 0.3) is 5.91 Å². The van der Waals surface area contributed by atoms with E-state index in [2.05, 4.69) is 4.98 Å². The number of carbonyl (C=O) groups is 1. The van der Waals surface area contributed by atoms with E-state index in [4.69, 9.17) is 4.74 Å². The third-order valence-electron chi connectivity index (χ3n) is 2.25. The molecule has 0 saturated heterocycles. The van der Waals surface area contributed by atoms with Crippen LogP contribution in [0, 0.1) is 5.95 Å². The Balaban J connectivity index is 2.30. The zero-order chi connectivity index (χ0) is 11.7. The number of halogens is 1. The van der Waals surface area contributed by atoms with Crippen LogP contribution in [-0.2, 0) is 0 Å². The molecule has 0 N–H and O–H groups in total. The van der Waals surface area contributed by atoms with E-state index >= 15 is 0 Å².